The molecule has 3 rings (SSSR count). The molecule has 1 saturated heterocycles. The Morgan fingerprint density at radius 2 is 1.91 bits per heavy atom. The first-order valence-electron chi connectivity index (χ1n) is 10.6. The number of H-pyrrole nitrogens is 1. The summed E-state index contributed by atoms with van der Waals surface area (Å²) >= 11 is 0. The summed E-state index contributed by atoms with van der Waals surface area (Å²) in [7, 11) is 0. The number of fused-ring (bicyclic) bond motifs is 1. The predicted molar refractivity (Wildman–Crippen MR) is 118 cm³/mol. The van der Waals surface area contributed by atoms with Crippen LogP contribution in [0, 0.1) is 0 Å². The monoisotopic (exact) mass is 443 g/mol. The minimum absolute atomic E-state index is 0.315. The number of aromatic amines is 1. The van der Waals surface area contributed by atoms with E-state index < -0.39 is 42.0 Å². The maximum Gasteiger partial charge on any atom is 0.325 e. The maximum atomic E-state index is 13.0. The predicted octanol–water partition coefficient (Wildman–Crippen LogP) is 0.123. The average Bonchev–Trinajstić information content (AvgIpc) is 3.40. The SMILES string of the molecule is CC(NC(=O)C(C)NC(=O)C1CCCN1C(=O)C(N)Cc1c[nH]c2ccccc12)C(=O)O. The number of hydrogen-bond acceptors (Lipinski definition) is 5. The lowest BCUT2D eigenvalue weighted by molar-refractivity contribution is -0.142. The molecule has 3 amide bonds. The van der Waals surface area contributed by atoms with E-state index in [2.05, 4.69) is 15.6 Å². The third-order valence-corrected chi connectivity index (χ3v) is 5.75. The summed E-state index contributed by atoms with van der Waals surface area (Å²) in [6, 6.07) is 4.20. The van der Waals surface area contributed by atoms with E-state index in [9.17, 15) is 19.2 Å². The fourth-order valence-electron chi connectivity index (χ4n) is 3.92. The summed E-state index contributed by atoms with van der Waals surface area (Å²) in [5.74, 6) is -2.56. The number of carboxylic acids is 1. The van der Waals surface area contributed by atoms with E-state index >= 15 is 0 Å². The highest BCUT2D eigenvalue weighted by Crippen LogP contribution is 2.22. The van der Waals surface area contributed by atoms with E-state index in [0.717, 1.165) is 16.5 Å². The number of likely N-dealkylation sites (tertiary alicyclic amines) is 1. The van der Waals surface area contributed by atoms with Crippen molar-refractivity contribution >= 4 is 34.6 Å². The average molecular weight is 444 g/mol. The van der Waals surface area contributed by atoms with Gasteiger partial charge in [0, 0.05) is 23.6 Å². The molecule has 10 heteroatoms. The molecule has 1 aliphatic heterocycles. The summed E-state index contributed by atoms with van der Waals surface area (Å²) in [6.07, 6.45) is 3.29. The Bertz CT molecular complexity index is 1020. The summed E-state index contributed by atoms with van der Waals surface area (Å²) in [5.41, 5.74) is 8.11. The number of nitrogens with two attached hydrogens (primary N) is 1. The van der Waals surface area contributed by atoms with Crippen molar-refractivity contribution in [2.75, 3.05) is 6.54 Å². The van der Waals surface area contributed by atoms with Crippen LogP contribution >= 0.6 is 0 Å². The van der Waals surface area contributed by atoms with Crippen LogP contribution in [0.5, 0.6) is 0 Å². The van der Waals surface area contributed by atoms with Crippen molar-refractivity contribution < 1.29 is 24.3 Å². The number of carbonyl (C=O) groups excluding carboxylic acids is 3. The van der Waals surface area contributed by atoms with Crippen molar-refractivity contribution in [2.45, 2.75) is 57.3 Å². The number of nitrogens with zero attached hydrogens (tertiary/aromatic N) is 1. The first-order valence-corrected chi connectivity index (χ1v) is 10.6. The Labute approximate surface area is 185 Å². The second kappa shape index (κ2) is 9.82. The quantitative estimate of drug-likeness (QED) is 0.390. The van der Waals surface area contributed by atoms with E-state index in [0.29, 0.717) is 25.8 Å². The summed E-state index contributed by atoms with van der Waals surface area (Å²) in [5, 5.41) is 14.8. The molecule has 0 aliphatic carbocycles. The third-order valence-electron chi connectivity index (χ3n) is 5.75. The van der Waals surface area contributed by atoms with Crippen LogP contribution in [0.3, 0.4) is 0 Å². The molecule has 1 fully saturated rings. The number of carbonyl (C=O) groups is 4. The van der Waals surface area contributed by atoms with E-state index in [-0.39, 0.29) is 5.91 Å². The van der Waals surface area contributed by atoms with E-state index in [1.807, 2.05) is 30.5 Å². The van der Waals surface area contributed by atoms with Crippen LogP contribution in [0.15, 0.2) is 30.5 Å². The highest BCUT2D eigenvalue weighted by Gasteiger charge is 2.37. The molecule has 0 saturated carbocycles. The number of carboxylic acid groups (broad SMARTS) is 1. The summed E-state index contributed by atoms with van der Waals surface area (Å²) < 4.78 is 0. The van der Waals surface area contributed by atoms with E-state index in [1.54, 1.807) is 0 Å². The standard InChI is InChI=1S/C22H29N5O5/c1-12(19(28)26-13(2)22(31)32)25-20(29)18-8-5-9-27(18)21(30)16(23)10-14-11-24-17-7-4-3-6-15(14)17/h3-4,6-7,11-13,16,18,24H,5,8-10,23H2,1-2H3,(H,25,29)(H,26,28)(H,31,32). The lowest BCUT2D eigenvalue weighted by Gasteiger charge is -2.27. The molecule has 4 atom stereocenters. The normalized spacial score (nSPS) is 18.7. The van der Waals surface area contributed by atoms with Gasteiger partial charge in [-0.15, -0.1) is 0 Å². The topological polar surface area (TPSA) is 158 Å². The number of aliphatic carboxylic acids is 1. The second-order valence-corrected chi connectivity index (χ2v) is 8.16. The van der Waals surface area contributed by atoms with Gasteiger partial charge in [0.1, 0.15) is 18.1 Å². The summed E-state index contributed by atoms with van der Waals surface area (Å²) in [6.45, 7) is 3.21. The van der Waals surface area contributed by atoms with Crippen LogP contribution in [-0.2, 0) is 25.6 Å². The smallest absolute Gasteiger partial charge is 0.325 e. The molecule has 32 heavy (non-hydrogen) atoms. The van der Waals surface area contributed by atoms with Crippen molar-refractivity contribution in [3.05, 3.63) is 36.0 Å². The van der Waals surface area contributed by atoms with Crippen LogP contribution in [0.2, 0.25) is 0 Å². The van der Waals surface area contributed by atoms with Crippen molar-refractivity contribution in [3.8, 4) is 0 Å². The fraction of sp³-hybridized carbons (Fsp3) is 0.455. The van der Waals surface area contributed by atoms with Gasteiger partial charge >= 0.3 is 5.97 Å². The molecule has 0 spiro atoms. The van der Waals surface area contributed by atoms with E-state index in [4.69, 9.17) is 10.8 Å². The fourth-order valence-corrected chi connectivity index (χ4v) is 3.92. The molecule has 2 heterocycles. The van der Waals surface area contributed by atoms with Gasteiger partial charge in [0.15, 0.2) is 0 Å². The van der Waals surface area contributed by atoms with E-state index in [1.165, 1.54) is 18.7 Å². The van der Waals surface area contributed by atoms with Crippen LogP contribution in [0.4, 0.5) is 0 Å². The van der Waals surface area contributed by atoms with Gasteiger partial charge in [0.2, 0.25) is 17.7 Å². The zero-order valence-electron chi connectivity index (χ0n) is 18.1. The first-order chi connectivity index (χ1) is 15.2. The lowest BCUT2D eigenvalue weighted by Crippen LogP contribution is -2.55. The Morgan fingerprint density at radius 1 is 1.19 bits per heavy atom. The molecule has 0 bridgehead atoms. The van der Waals surface area contributed by atoms with Gasteiger partial charge in [-0.3, -0.25) is 19.2 Å². The lowest BCUT2D eigenvalue weighted by atomic mass is 10.0. The van der Waals surface area contributed by atoms with Gasteiger partial charge in [-0.25, -0.2) is 0 Å². The molecule has 6 N–H and O–H groups in total. The van der Waals surface area contributed by atoms with Crippen molar-refractivity contribution in [1.82, 2.24) is 20.5 Å². The van der Waals surface area contributed by atoms with Gasteiger partial charge < -0.3 is 31.4 Å². The first kappa shape index (κ1) is 23.3. The van der Waals surface area contributed by atoms with Crippen LogP contribution in [0.25, 0.3) is 10.9 Å². The van der Waals surface area contributed by atoms with Crippen molar-refractivity contribution in [3.63, 3.8) is 0 Å². The highest BCUT2D eigenvalue weighted by molar-refractivity contribution is 5.94. The Hall–Kier alpha value is -3.40. The largest absolute Gasteiger partial charge is 0.480 e. The number of para-hydroxylation sites is 1. The molecule has 1 aromatic heterocycles. The zero-order chi connectivity index (χ0) is 23.4. The Morgan fingerprint density at radius 3 is 2.62 bits per heavy atom. The minimum Gasteiger partial charge on any atom is -0.480 e. The zero-order valence-corrected chi connectivity index (χ0v) is 18.1. The van der Waals surface area contributed by atoms with Crippen LogP contribution < -0.4 is 16.4 Å². The van der Waals surface area contributed by atoms with Gasteiger partial charge in [-0.2, -0.15) is 0 Å². The number of benzene rings is 1. The second-order valence-electron chi connectivity index (χ2n) is 8.16. The van der Waals surface area contributed by atoms with Gasteiger partial charge in [0.05, 0.1) is 6.04 Å². The Kier molecular flexibility index (Phi) is 7.14. The van der Waals surface area contributed by atoms with Crippen molar-refractivity contribution in [1.29, 1.82) is 0 Å². The maximum absolute atomic E-state index is 13.0. The van der Waals surface area contributed by atoms with Crippen LogP contribution in [-0.4, -0.2) is 69.4 Å². The minimum atomic E-state index is -1.17. The number of rotatable bonds is 8. The number of aromatic nitrogens is 1. The highest BCUT2D eigenvalue weighted by atomic mass is 16.4. The summed E-state index contributed by atoms with van der Waals surface area (Å²) in [4.78, 5) is 53.4. The third kappa shape index (κ3) is 5.08. The number of amides is 3. The Balaban J connectivity index is 1.61. The molecule has 2 aromatic rings. The van der Waals surface area contributed by atoms with Crippen LogP contribution in [0.1, 0.15) is 32.3 Å². The molecular weight excluding hydrogens is 414 g/mol. The molecule has 1 aromatic carbocycles. The molecule has 0 radical (unpaired) electrons. The number of hydrogen-bond donors (Lipinski definition) is 5. The van der Waals surface area contributed by atoms with Gasteiger partial charge in [-0.05, 0) is 44.7 Å². The molecule has 1 aliphatic rings. The van der Waals surface area contributed by atoms with Gasteiger partial charge in [0.25, 0.3) is 0 Å². The van der Waals surface area contributed by atoms with Gasteiger partial charge in [-0.1, -0.05) is 18.2 Å². The molecule has 172 valence electrons. The molecular formula is C22H29N5O5. The molecule has 4 unspecified atom stereocenters. The van der Waals surface area contributed by atoms with Crippen molar-refractivity contribution in [2.24, 2.45) is 5.73 Å². The number of nitrogens with one attached hydrogen (secondary N) is 3. The molecule has 10 nitrogen and oxygen atoms in total.